The number of rotatable bonds is 2. The van der Waals surface area contributed by atoms with Crippen LogP contribution in [0.2, 0.25) is 5.02 Å². The molecule has 4 rings (SSSR count). The Morgan fingerprint density at radius 2 is 1.27 bits per heavy atom. The Morgan fingerprint density at radius 1 is 0.769 bits per heavy atom. The summed E-state index contributed by atoms with van der Waals surface area (Å²) in [5.41, 5.74) is 6.06. The average Bonchev–Trinajstić information content (AvgIpc) is 3.25. The van der Waals surface area contributed by atoms with Crippen LogP contribution in [0.5, 0.6) is 0 Å². The molecule has 2 heterocycles. The van der Waals surface area contributed by atoms with Crippen LogP contribution in [0.1, 0.15) is 56.2 Å². The van der Waals surface area contributed by atoms with Gasteiger partial charge in [-0.3, -0.25) is 10.2 Å². The number of fused-ring (bicyclic) bond motifs is 2. The van der Waals surface area contributed by atoms with Crippen LogP contribution < -0.4 is 0 Å². The molecule has 4 aromatic rings. The molecular weight excluding hydrogens is 344 g/mol. The van der Waals surface area contributed by atoms with Gasteiger partial charge in [0.2, 0.25) is 0 Å². The van der Waals surface area contributed by atoms with Crippen molar-refractivity contribution in [1.29, 1.82) is 0 Å². The summed E-state index contributed by atoms with van der Waals surface area (Å²) in [4.78, 5) is 0. The normalized spacial score (nSPS) is 11.4. The summed E-state index contributed by atoms with van der Waals surface area (Å²) in [5, 5.41) is 16.9. The van der Waals surface area contributed by atoms with Gasteiger partial charge in [-0.05, 0) is 47.6 Å². The highest BCUT2D eigenvalue weighted by Crippen LogP contribution is 2.30. The third-order valence-corrected chi connectivity index (χ3v) is 5.19. The van der Waals surface area contributed by atoms with Crippen molar-refractivity contribution >= 4 is 33.4 Å². The van der Waals surface area contributed by atoms with E-state index in [4.69, 9.17) is 11.6 Å². The smallest absolute Gasteiger partial charge is 0.0665 e. The number of nitrogens with zero attached hydrogens (tertiary/aromatic N) is 2. The van der Waals surface area contributed by atoms with Crippen LogP contribution in [-0.2, 0) is 0 Å². The van der Waals surface area contributed by atoms with Crippen LogP contribution in [0.15, 0.2) is 36.7 Å². The lowest BCUT2D eigenvalue weighted by molar-refractivity contribution is 0.859. The van der Waals surface area contributed by atoms with E-state index in [9.17, 15) is 0 Å². The molecule has 26 heavy (non-hydrogen) atoms. The van der Waals surface area contributed by atoms with Gasteiger partial charge in [0.15, 0.2) is 0 Å². The van der Waals surface area contributed by atoms with E-state index in [0.29, 0.717) is 11.8 Å². The number of benzene rings is 2. The monoisotopic (exact) mass is 368 g/mol. The quantitative estimate of drug-likeness (QED) is 0.434. The number of aromatic nitrogens is 4. The van der Waals surface area contributed by atoms with Gasteiger partial charge in [-0.25, -0.2) is 0 Å². The van der Waals surface area contributed by atoms with E-state index in [-0.39, 0.29) is 0 Å². The van der Waals surface area contributed by atoms with Gasteiger partial charge in [-0.15, -0.1) is 0 Å². The predicted octanol–water partition coefficient (Wildman–Crippen LogP) is 6.33. The zero-order valence-corrected chi connectivity index (χ0v) is 16.6. The summed E-state index contributed by atoms with van der Waals surface area (Å²) < 4.78 is 0. The number of halogens is 1. The molecule has 2 N–H and O–H groups in total. The Hall–Kier alpha value is -2.33. The minimum atomic E-state index is 0.451. The molecule has 0 unspecified atom stereocenters. The fourth-order valence-electron chi connectivity index (χ4n) is 3.25. The minimum absolute atomic E-state index is 0.451. The molecule has 0 saturated heterocycles. The SMILES string of the molecule is CC(C)c1ccc2[nH]ncc2c1Cl.Cc1c(C(C)C)ccc2[nH]ncc12. The van der Waals surface area contributed by atoms with E-state index >= 15 is 0 Å². The predicted molar refractivity (Wildman–Crippen MR) is 110 cm³/mol. The molecule has 0 fully saturated rings. The minimum Gasteiger partial charge on any atom is -0.278 e. The summed E-state index contributed by atoms with van der Waals surface area (Å²) in [7, 11) is 0. The topological polar surface area (TPSA) is 57.4 Å². The van der Waals surface area contributed by atoms with Crippen molar-refractivity contribution in [3.05, 3.63) is 58.4 Å². The van der Waals surface area contributed by atoms with Crippen LogP contribution in [0.3, 0.4) is 0 Å². The molecule has 5 heteroatoms. The summed E-state index contributed by atoms with van der Waals surface area (Å²) >= 11 is 6.22. The van der Waals surface area contributed by atoms with E-state index in [1.165, 1.54) is 22.1 Å². The van der Waals surface area contributed by atoms with Crippen molar-refractivity contribution < 1.29 is 0 Å². The molecule has 0 radical (unpaired) electrons. The Morgan fingerprint density at radius 3 is 1.85 bits per heavy atom. The maximum absolute atomic E-state index is 6.22. The lowest BCUT2D eigenvalue weighted by Gasteiger charge is -2.09. The van der Waals surface area contributed by atoms with E-state index in [1.54, 1.807) is 6.20 Å². The molecule has 0 aliphatic heterocycles. The third kappa shape index (κ3) is 3.47. The Kier molecular flexibility index (Phi) is 5.33. The van der Waals surface area contributed by atoms with E-state index in [2.05, 4.69) is 67.1 Å². The summed E-state index contributed by atoms with van der Waals surface area (Å²) in [5.74, 6) is 1.03. The van der Waals surface area contributed by atoms with Gasteiger partial charge in [0.25, 0.3) is 0 Å². The van der Waals surface area contributed by atoms with Gasteiger partial charge in [-0.1, -0.05) is 51.4 Å². The van der Waals surface area contributed by atoms with Crippen molar-refractivity contribution in [2.45, 2.75) is 46.5 Å². The second-order valence-electron chi connectivity index (χ2n) is 7.22. The summed E-state index contributed by atoms with van der Waals surface area (Å²) in [6, 6.07) is 8.35. The van der Waals surface area contributed by atoms with Gasteiger partial charge in [0.05, 0.1) is 28.4 Å². The molecular formula is C21H25ClN4. The Bertz CT molecular complexity index is 943. The first-order valence-corrected chi connectivity index (χ1v) is 9.32. The number of aromatic amines is 2. The molecule has 0 saturated carbocycles. The maximum atomic E-state index is 6.22. The average molecular weight is 369 g/mol. The lowest BCUT2D eigenvalue weighted by atomic mass is 9.96. The van der Waals surface area contributed by atoms with Crippen molar-refractivity contribution in [2.75, 3.05) is 0 Å². The van der Waals surface area contributed by atoms with Gasteiger partial charge in [-0.2, -0.15) is 10.2 Å². The second-order valence-corrected chi connectivity index (χ2v) is 7.60. The number of aryl methyl sites for hydroxylation is 1. The third-order valence-electron chi connectivity index (χ3n) is 4.77. The van der Waals surface area contributed by atoms with E-state index in [0.717, 1.165) is 21.4 Å². The molecule has 0 aliphatic carbocycles. The highest BCUT2D eigenvalue weighted by molar-refractivity contribution is 6.36. The first kappa shape index (κ1) is 18.5. The van der Waals surface area contributed by atoms with Crippen LogP contribution >= 0.6 is 11.6 Å². The van der Waals surface area contributed by atoms with Gasteiger partial charge in [0, 0.05) is 10.8 Å². The fourth-order valence-corrected chi connectivity index (χ4v) is 3.68. The Labute approximate surface area is 159 Å². The molecule has 0 aliphatic rings. The summed E-state index contributed by atoms with van der Waals surface area (Å²) in [6.07, 6.45) is 3.67. The van der Waals surface area contributed by atoms with Crippen molar-refractivity contribution in [2.24, 2.45) is 0 Å². The highest BCUT2D eigenvalue weighted by Gasteiger charge is 2.09. The van der Waals surface area contributed by atoms with Gasteiger partial charge >= 0.3 is 0 Å². The van der Waals surface area contributed by atoms with E-state index < -0.39 is 0 Å². The highest BCUT2D eigenvalue weighted by atomic mass is 35.5. The number of nitrogens with one attached hydrogen (secondary N) is 2. The number of hydrogen-bond acceptors (Lipinski definition) is 2. The number of H-pyrrole nitrogens is 2. The molecule has 4 nitrogen and oxygen atoms in total. The summed E-state index contributed by atoms with van der Waals surface area (Å²) in [6.45, 7) is 10.9. The second kappa shape index (κ2) is 7.50. The van der Waals surface area contributed by atoms with Crippen molar-refractivity contribution in [1.82, 2.24) is 20.4 Å². The first-order valence-electron chi connectivity index (χ1n) is 8.94. The zero-order valence-electron chi connectivity index (χ0n) is 15.9. The lowest BCUT2D eigenvalue weighted by Crippen LogP contribution is -1.91. The Balaban J connectivity index is 0.000000151. The molecule has 136 valence electrons. The van der Waals surface area contributed by atoms with Crippen LogP contribution in [-0.4, -0.2) is 20.4 Å². The van der Waals surface area contributed by atoms with Gasteiger partial charge < -0.3 is 0 Å². The van der Waals surface area contributed by atoms with Crippen molar-refractivity contribution in [3.8, 4) is 0 Å². The fraction of sp³-hybridized carbons (Fsp3) is 0.333. The molecule has 0 atom stereocenters. The molecule has 0 bridgehead atoms. The molecule has 2 aromatic carbocycles. The van der Waals surface area contributed by atoms with Crippen LogP contribution in [0, 0.1) is 6.92 Å². The molecule has 0 amide bonds. The van der Waals surface area contributed by atoms with Crippen LogP contribution in [0.4, 0.5) is 0 Å². The van der Waals surface area contributed by atoms with E-state index in [1.807, 2.05) is 18.3 Å². The zero-order chi connectivity index (χ0) is 18.8. The molecule has 2 aromatic heterocycles. The van der Waals surface area contributed by atoms with Crippen molar-refractivity contribution in [3.63, 3.8) is 0 Å². The standard InChI is InChI=1S/C11H14N2.C10H11ClN2/c1-7(2)9-4-5-11-10(8(9)3)6-12-13-11;1-6(2)7-3-4-9-8(10(7)11)5-12-13-9/h4-7H,1-3H3,(H,12,13);3-6H,1-2H3,(H,12,13). The number of hydrogen-bond donors (Lipinski definition) is 2. The maximum Gasteiger partial charge on any atom is 0.0665 e. The largest absolute Gasteiger partial charge is 0.278 e. The van der Waals surface area contributed by atoms with Gasteiger partial charge in [0.1, 0.15) is 0 Å². The molecule has 0 spiro atoms. The first-order chi connectivity index (χ1) is 12.4. The van der Waals surface area contributed by atoms with Crippen LogP contribution in [0.25, 0.3) is 21.8 Å².